The minimum atomic E-state index is -1.07. The van der Waals surface area contributed by atoms with Crippen molar-refractivity contribution in [2.24, 2.45) is 0 Å². The van der Waals surface area contributed by atoms with Crippen molar-refractivity contribution in [1.29, 1.82) is 0 Å². The van der Waals surface area contributed by atoms with Gasteiger partial charge >= 0.3 is 5.97 Å². The number of hydrogen-bond donors (Lipinski definition) is 0. The minimum Gasteiger partial charge on any atom is -0.324 e. The molecule has 0 unspecified atom stereocenters. The Hall–Kier alpha value is -0.170. The normalized spacial score (nSPS) is 11.8. The highest BCUT2D eigenvalue weighted by Crippen LogP contribution is 2.32. The summed E-state index contributed by atoms with van der Waals surface area (Å²) in [7, 11) is 0. The van der Waals surface area contributed by atoms with Gasteiger partial charge in [-0.3, -0.25) is 0 Å². The van der Waals surface area contributed by atoms with Gasteiger partial charge in [-0.05, 0) is 43.6 Å². The molecule has 3 nitrogen and oxygen atoms in total. The van der Waals surface area contributed by atoms with Crippen LogP contribution in [0.15, 0.2) is 24.3 Å². The zero-order chi connectivity index (χ0) is 14.8. The molecular weight excluding hydrogens is 367 g/mol. The van der Waals surface area contributed by atoms with Gasteiger partial charge in [0.25, 0.3) is 0 Å². The average molecular weight is 392 g/mol. The molecule has 1 aromatic rings. The van der Waals surface area contributed by atoms with Gasteiger partial charge in [-0.1, -0.05) is 46.9 Å². The molecule has 0 aliphatic heterocycles. The van der Waals surface area contributed by atoms with E-state index in [4.69, 9.17) is 14.2 Å². The van der Waals surface area contributed by atoms with Gasteiger partial charge in [0.1, 0.15) is 0 Å². The summed E-state index contributed by atoms with van der Waals surface area (Å²) in [5, 5.41) is 0. The van der Waals surface area contributed by atoms with E-state index in [2.05, 4.69) is 34.7 Å². The maximum Gasteiger partial charge on any atom is 0.312 e. The molecule has 20 heavy (non-hydrogen) atoms. The van der Waals surface area contributed by atoms with Crippen LogP contribution in [0.3, 0.4) is 0 Å². The molecule has 0 amide bonds. The van der Waals surface area contributed by atoms with E-state index >= 15 is 0 Å². The predicted octanol–water partition coefficient (Wildman–Crippen LogP) is 4.27. The summed E-state index contributed by atoms with van der Waals surface area (Å²) in [4.78, 5) is 0. The summed E-state index contributed by atoms with van der Waals surface area (Å²) in [6, 6.07) is 8.24. The van der Waals surface area contributed by atoms with Gasteiger partial charge in [0, 0.05) is 25.4 Å². The average Bonchev–Trinajstić information content (AvgIpc) is 2.46. The Morgan fingerprint density at radius 3 is 2.00 bits per heavy atom. The molecule has 0 aromatic heterocycles. The molecule has 0 saturated carbocycles. The number of hydrogen-bond acceptors (Lipinski definition) is 3. The smallest absolute Gasteiger partial charge is 0.312 e. The highest BCUT2D eigenvalue weighted by molar-refractivity contribution is 14.1. The fourth-order valence-electron chi connectivity index (χ4n) is 2.22. The van der Waals surface area contributed by atoms with Gasteiger partial charge in [0.05, 0.1) is 0 Å². The molecule has 0 atom stereocenters. The Balaban J connectivity index is 3.16. The van der Waals surface area contributed by atoms with E-state index in [-0.39, 0.29) is 0 Å². The van der Waals surface area contributed by atoms with Crippen LogP contribution < -0.4 is 0 Å². The van der Waals surface area contributed by atoms with E-state index in [1.54, 1.807) is 0 Å². The third-order valence-electron chi connectivity index (χ3n) is 2.93. The number of aryl methyl sites for hydroxylation is 1. The van der Waals surface area contributed by atoms with Crippen molar-refractivity contribution >= 4 is 22.6 Å². The van der Waals surface area contributed by atoms with E-state index in [0.717, 1.165) is 22.8 Å². The molecule has 0 aliphatic carbocycles. The third kappa shape index (κ3) is 4.69. The molecular formula is C16H25IO3. The van der Waals surface area contributed by atoms with E-state index in [1.165, 1.54) is 5.56 Å². The van der Waals surface area contributed by atoms with E-state index in [0.29, 0.717) is 19.8 Å². The molecule has 4 heteroatoms. The highest BCUT2D eigenvalue weighted by Gasteiger charge is 2.36. The molecule has 0 spiro atoms. The van der Waals surface area contributed by atoms with Crippen LogP contribution in [0.2, 0.25) is 0 Å². The quantitative estimate of drug-likeness (QED) is 0.338. The van der Waals surface area contributed by atoms with Gasteiger partial charge in [-0.15, -0.1) is 0 Å². The van der Waals surface area contributed by atoms with Crippen molar-refractivity contribution in [2.75, 3.05) is 24.2 Å². The van der Waals surface area contributed by atoms with Crippen LogP contribution in [-0.4, -0.2) is 24.2 Å². The molecule has 114 valence electrons. The first-order chi connectivity index (χ1) is 9.74. The molecule has 0 bridgehead atoms. The Morgan fingerprint density at radius 2 is 1.50 bits per heavy atom. The largest absolute Gasteiger partial charge is 0.324 e. The monoisotopic (exact) mass is 392 g/mol. The zero-order valence-electron chi connectivity index (χ0n) is 12.7. The topological polar surface area (TPSA) is 27.7 Å². The van der Waals surface area contributed by atoms with Crippen molar-refractivity contribution in [2.45, 2.75) is 39.6 Å². The maximum atomic E-state index is 5.87. The first-order valence-corrected chi connectivity index (χ1v) is 8.82. The SMILES string of the molecule is CCOC(OCC)(OCC)c1ccccc1CCCI. The summed E-state index contributed by atoms with van der Waals surface area (Å²) >= 11 is 2.40. The predicted molar refractivity (Wildman–Crippen MR) is 90.2 cm³/mol. The van der Waals surface area contributed by atoms with Crippen LogP contribution in [0.5, 0.6) is 0 Å². The van der Waals surface area contributed by atoms with E-state index in [9.17, 15) is 0 Å². The number of ether oxygens (including phenoxy) is 3. The standard InChI is InChI=1S/C16H25IO3/c1-4-18-16(19-5-2,20-6-3)15-12-8-7-10-14(15)11-9-13-17/h7-8,10,12H,4-6,9,11,13H2,1-3H3. The molecule has 1 aromatic carbocycles. The van der Waals surface area contributed by atoms with Crippen LogP contribution in [0.1, 0.15) is 38.3 Å². The fourth-order valence-corrected chi connectivity index (χ4v) is 2.60. The van der Waals surface area contributed by atoms with Crippen molar-refractivity contribution < 1.29 is 14.2 Å². The molecule has 0 N–H and O–H groups in total. The maximum absolute atomic E-state index is 5.87. The van der Waals surface area contributed by atoms with Crippen LogP contribution >= 0.6 is 22.6 Å². The lowest BCUT2D eigenvalue weighted by atomic mass is 10.0. The Kier molecular flexibility index (Phi) is 8.68. The molecule has 0 heterocycles. The third-order valence-corrected chi connectivity index (χ3v) is 3.69. The number of rotatable bonds is 10. The van der Waals surface area contributed by atoms with Crippen LogP contribution in [0, 0.1) is 0 Å². The number of alkyl halides is 1. The summed E-state index contributed by atoms with van der Waals surface area (Å²) in [5.41, 5.74) is 2.23. The Bertz CT molecular complexity index is 365. The van der Waals surface area contributed by atoms with Gasteiger partial charge < -0.3 is 14.2 Å². The van der Waals surface area contributed by atoms with Crippen LogP contribution in [-0.2, 0) is 26.6 Å². The van der Waals surface area contributed by atoms with E-state index in [1.807, 2.05) is 32.9 Å². The summed E-state index contributed by atoms with van der Waals surface area (Å²) in [6.45, 7) is 7.50. The van der Waals surface area contributed by atoms with E-state index < -0.39 is 5.97 Å². The summed E-state index contributed by atoms with van der Waals surface area (Å²) in [5.74, 6) is -1.07. The van der Waals surface area contributed by atoms with Gasteiger partial charge in [-0.25, -0.2) is 0 Å². The lowest BCUT2D eigenvalue weighted by Gasteiger charge is -2.34. The Labute approximate surface area is 136 Å². The second-order valence-electron chi connectivity index (χ2n) is 4.30. The second kappa shape index (κ2) is 9.71. The lowest BCUT2D eigenvalue weighted by molar-refractivity contribution is -0.389. The molecule has 0 aliphatic rings. The number of halogens is 1. The van der Waals surface area contributed by atoms with Crippen molar-refractivity contribution in [3.05, 3.63) is 35.4 Å². The Morgan fingerprint density at radius 1 is 0.950 bits per heavy atom. The fraction of sp³-hybridized carbons (Fsp3) is 0.625. The molecule has 0 fully saturated rings. The second-order valence-corrected chi connectivity index (χ2v) is 5.38. The van der Waals surface area contributed by atoms with Crippen LogP contribution in [0.25, 0.3) is 0 Å². The summed E-state index contributed by atoms with van der Waals surface area (Å²) < 4.78 is 18.7. The zero-order valence-corrected chi connectivity index (χ0v) is 14.8. The highest BCUT2D eigenvalue weighted by atomic mass is 127. The first kappa shape index (κ1) is 17.9. The van der Waals surface area contributed by atoms with Crippen molar-refractivity contribution in [3.63, 3.8) is 0 Å². The van der Waals surface area contributed by atoms with Crippen LogP contribution in [0.4, 0.5) is 0 Å². The first-order valence-electron chi connectivity index (χ1n) is 7.30. The molecule has 0 saturated heterocycles. The lowest BCUT2D eigenvalue weighted by Crippen LogP contribution is -2.37. The molecule has 0 radical (unpaired) electrons. The van der Waals surface area contributed by atoms with Gasteiger partial charge in [-0.2, -0.15) is 0 Å². The van der Waals surface area contributed by atoms with Gasteiger partial charge in [0.15, 0.2) is 0 Å². The summed E-state index contributed by atoms with van der Waals surface area (Å²) in [6.07, 6.45) is 2.14. The van der Waals surface area contributed by atoms with Crippen molar-refractivity contribution in [1.82, 2.24) is 0 Å². The number of benzene rings is 1. The van der Waals surface area contributed by atoms with Crippen molar-refractivity contribution in [3.8, 4) is 0 Å². The molecule has 1 rings (SSSR count). The minimum absolute atomic E-state index is 0.542. The van der Waals surface area contributed by atoms with Gasteiger partial charge in [0.2, 0.25) is 0 Å².